The highest BCUT2D eigenvalue weighted by Gasteiger charge is 2.16. The average Bonchev–Trinajstić information content (AvgIpc) is 2.62. The largest absolute Gasteiger partial charge is 0.497 e. The number of nitrogens with zero attached hydrogens (tertiary/aromatic N) is 1. The molecule has 0 radical (unpaired) electrons. The molecule has 24 heavy (non-hydrogen) atoms. The third-order valence-corrected chi connectivity index (χ3v) is 3.35. The van der Waals surface area contributed by atoms with Gasteiger partial charge in [-0.1, -0.05) is 30.3 Å². The van der Waals surface area contributed by atoms with Crippen LogP contribution in [0.5, 0.6) is 5.75 Å². The van der Waals surface area contributed by atoms with Gasteiger partial charge in [-0.05, 0) is 42.3 Å². The van der Waals surface area contributed by atoms with E-state index in [-0.39, 0.29) is 6.04 Å². The van der Waals surface area contributed by atoms with E-state index in [1.54, 1.807) is 38.3 Å². The van der Waals surface area contributed by atoms with E-state index >= 15 is 0 Å². The first-order chi connectivity index (χ1) is 11.6. The summed E-state index contributed by atoms with van der Waals surface area (Å²) >= 11 is 0. The number of hydrogen-bond acceptors (Lipinski definition) is 4. The summed E-state index contributed by atoms with van der Waals surface area (Å²) in [6, 6.07) is 16.2. The van der Waals surface area contributed by atoms with E-state index < -0.39 is 11.8 Å². The topological polar surface area (TPSA) is 79.8 Å². The fourth-order valence-corrected chi connectivity index (χ4v) is 1.99. The summed E-state index contributed by atoms with van der Waals surface area (Å²) in [5.41, 5.74) is 3.89. The Balaban J connectivity index is 1.84. The molecule has 2 aromatic rings. The summed E-state index contributed by atoms with van der Waals surface area (Å²) < 4.78 is 5.05. The maximum absolute atomic E-state index is 11.8. The molecular formula is C18H19N3O3. The van der Waals surface area contributed by atoms with Gasteiger partial charge in [-0.3, -0.25) is 9.59 Å². The van der Waals surface area contributed by atoms with Gasteiger partial charge in [-0.15, -0.1) is 0 Å². The lowest BCUT2D eigenvalue weighted by molar-refractivity contribution is -0.139. The molecule has 2 N–H and O–H groups in total. The van der Waals surface area contributed by atoms with Crippen LogP contribution in [0, 0.1) is 0 Å². The number of carbonyl (C=O) groups is 2. The Labute approximate surface area is 140 Å². The number of nitrogens with one attached hydrogen (secondary N) is 2. The monoisotopic (exact) mass is 325 g/mol. The van der Waals surface area contributed by atoms with Gasteiger partial charge in [0, 0.05) is 0 Å². The third-order valence-electron chi connectivity index (χ3n) is 3.35. The van der Waals surface area contributed by atoms with Crippen molar-refractivity contribution in [1.29, 1.82) is 0 Å². The molecule has 1 atom stereocenters. The van der Waals surface area contributed by atoms with Crippen molar-refractivity contribution in [1.82, 2.24) is 10.7 Å². The number of rotatable bonds is 5. The van der Waals surface area contributed by atoms with Gasteiger partial charge in [0.05, 0.1) is 19.4 Å². The Morgan fingerprint density at radius 2 is 1.71 bits per heavy atom. The summed E-state index contributed by atoms with van der Waals surface area (Å²) in [7, 11) is 1.58. The van der Waals surface area contributed by atoms with Crippen molar-refractivity contribution in [2.24, 2.45) is 5.10 Å². The van der Waals surface area contributed by atoms with Crippen molar-refractivity contribution in [3.63, 3.8) is 0 Å². The standard InChI is InChI=1S/C18H19N3O3/c1-13(15-6-4-3-5-7-15)20-17(22)18(23)21-19-12-14-8-10-16(24-2)11-9-14/h3-13H,1-2H3,(H,20,22)(H,21,23)/b19-12-/t13-/m1/s1. The summed E-state index contributed by atoms with van der Waals surface area (Å²) in [6.07, 6.45) is 1.45. The summed E-state index contributed by atoms with van der Waals surface area (Å²) in [5.74, 6) is -0.828. The van der Waals surface area contributed by atoms with Crippen LogP contribution < -0.4 is 15.5 Å². The molecule has 6 nitrogen and oxygen atoms in total. The maximum atomic E-state index is 11.8. The zero-order valence-corrected chi connectivity index (χ0v) is 13.5. The molecule has 0 saturated carbocycles. The van der Waals surface area contributed by atoms with Gasteiger partial charge in [-0.2, -0.15) is 5.10 Å². The number of ether oxygens (including phenoxy) is 1. The lowest BCUT2D eigenvalue weighted by atomic mass is 10.1. The Kier molecular flexibility index (Phi) is 6.08. The van der Waals surface area contributed by atoms with E-state index in [9.17, 15) is 9.59 Å². The first-order valence-corrected chi connectivity index (χ1v) is 7.43. The minimum atomic E-state index is -0.817. The molecular weight excluding hydrogens is 306 g/mol. The molecule has 0 saturated heterocycles. The number of benzene rings is 2. The Morgan fingerprint density at radius 1 is 1.04 bits per heavy atom. The quantitative estimate of drug-likeness (QED) is 0.501. The normalized spacial score (nSPS) is 11.8. The number of amides is 2. The molecule has 0 fully saturated rings. The average molecular weight is 325 g/mol. The second-order valence-corrected chi connectivity index (χ2v) is 5.08. The summed E-state index contributed by atoms with van der Waals surface area (Å²) in [4.78, 5) is 23.6. The SMILES string of the molecule is COc1ccc(/C=N\NC(=O)C(=O)N[C@H](C)c2ccccc2)cc1. The highest BCUT2D eigenvalue weighted by Crippen LogP contribution is 2.11. The second kappa shape index (κ2) is 8.47. The van der Waals surface area contributed by atoms with Crippen molar-refractivity contribution in [3.8, 4) is 5.75 Å². The molecule has 0 unspecified atom stereocenters. The van der Waals surface area contributed by atoms with Gasteiger partial charge in [0.2, 0.25) is 0 Å². The molecule has 6 heteroatoms. The highest BCUT2D eigenvalue weighted by atomic mass is 16.5. The van der Waals surface area contributed by atoms with Crippen molar-refractivity contribution < 1.29 is 14.3 Å². The molecule has 0 spiro atoms. The van der Waals surface area contributed by atoms with Gasteiger partial charge < -0.3 is 10.1 Å². The highest BCUT2D eigenvalue weighted by molar-refractivity contribution is 6.35. The predicted octanol–water partition coefficient (Wildman–Crippen LogP) is 2.02. The van der Waals surface area contributed by atoms with Crippen molar-refractivity contribution >= 4 is 18.0 Å². The summed E-state index contributed by atoms with van der Waals surface area (Å²) in [5, 5.41) is 6.39. The van der Waals surface area contributed by atoms with Crippen molar-refractivity contribution in [2.45, 2.75) is 13.0 Å². The van der Waals surface area contributed by atoms with Crippen LogP contribution in [0.15, 0.2) is 59.7 Å². The molecule has 0 aliphatic heterocycles. The number of hydrogen-bond donors (Lipinski definition) is 2. The van der Waals surface area contributed by atoms with E-state index in [1.165, 1.54) is 6.21 Å². The zero-order chi connectivity index (χ0) is 17.4. The second-order valence-electron chi connectivity index (χ2n) is 5.08. The third kappa shape index (κ3) is 4.95. The smallest absolute Gasteiger partial charge is 0.329 e. The van der Waals surface area contributed by atoms with E-state index in [0.29, 0.717) is 0 Å². The van der Waals surface area contributed by atoms with E-state index in [4.69, 9.17) is 4.74 Å². The van der Waals surface area contributed by atoms with Crippen LogP contribution in [0.3, 0.4) is 0 Å². The van der Waals surface area contributed by atoms with Gasteiger partial charge >= 0.3 is 11.8 Å². The molecule has 0 aliphatic rings. The minimum absolute atomic E-state index is 0.269. The van der Waals surface area contributed by atoms with Crippen LogP contribution in [-0.4, -0.2) is 25.1 Å². The van der Waals surface area contributed by atoms with Crippen LogP contribution in [0.1, 0.15) is 24.1 Å². The molecule has 0 heterocycles. The molecule has 0 aromatic heterocycles. The van der Waals surface area contributed by atoms with Gasteiger partial charge in [0.15, 0.2) is 0 Å². The molecule has 2 rings (SSSR count). The first kappa shape index (κ1) is 17.2. The van der Waals surface area contributed by atoms with Gasteiger partial charge in [-0.25, -0.2) is 5.43 Å². The zero-order valence-electron chi connectivity index (χ0n) is 13.5. The van der Waals surface area contributed by atoms with Crippen LogP contribution in [0.25, 0.3) is 0 Å². The maximum Gasteiger partial charge on any atom is 0.329 e. The van der Waals surface area contributed by atoms with E-state index in [0.717, 1.165) is 16.9 Å². The lowest BCUT2D eigenvalue weighted by Gasteiger charge is -2.13. The van der Waals surface area contributed by atoms with Crippen LogP contribution in [-0.2, 0) is 9.59 Å². The number of methoxy groups -OCH3 is 1. The van der Waals surface area contributed by atoms with Crippen molar-refractivity contribution in [2.75, 3.05) is 7.11 Å². The molecule has 124 valence electrons. The fraction of sp³-hybridized carbons (Fsp3) is 0.167. The number of carbonyl (C=O) groups excluding carboxylic acids is 2. The summed E-state index contributed by atoms with van der Waals surface area (Å²) in [6.45, 7) is 1.81. The molecule has 2 aromatic carbocycles. The Bertz CT molecular complexity index is 712. The Hall–Kier alpha value is -3.15. The lowest BCUT2D eigenvalue weighted by Crippen LogP contribution is -2.39. The van der Waals surface area contributed by atoms with Gasteiger partial charge in [0.1, 0.15) is 5.75 Å². The van der Waals surface area contributed by atoms with E-state index in [2.05, 4.69) is 15.8 Å². The molecule has 2 amide bonds. The first-order valence-electron chi connectivity index (χ1n) is 7.43. The van der Waals surface area contributed by atoms with Gasteiger partial charge in [0.25, 0.3) is 0 Å². The fourth-order valence-electron chi connectivity index (χ4n) is 1.99. The van der Waals surface area contributed by atoms with Crippen LogP contribution in [0.2, 0.25) is 0 Å². The van der Waals surface area contributed by atoms with E-state index in [1.807, 2.05) is 30.3 Å². The molecule has 0 aliphatic carbocycles. The van der Waals surface area contributed by atoms with Crippen LogP contribution >= 0.6 is 0 Å². The van der Waals surface area contributed by atoms with Crippen molar-refractivity contribution in [3.05, 3.63) is 65.7 Å². The number of hydrazone groups is 1. The Morgan fingerprint density at radius 3 is 2.33 bits per heavy atom. The predicted molar refractivity (Wildman–Crippen MR) is 91.7 cm³/mol. The van der Waals surface area contributed by atoms with Crippen LogP contribution in [0.4, 0.5) is 0 Å². The molecule has 0 bridgehead atoms. The minimum Gasteiger partial charge on any atom is -0.497 e.